The molecule has 2 rings (SSSR count). The van der Waals surface area contributed by atoms with Gasteiger partial charge in [0, 0.05) is 4.47 Å². The van der Waals surface area contributed by atoms with Gasteiger partial charge in [-0.05, 0) is 25.1 Å². The van der Waals surface area contributed by atoms with Crippen molar-refractivity contribution in [3.05, 3.63) is 28.6 Å². The Balaban J connectivity index is 2.44. The summed E-state index contributed by atoms with van der Waals surface area (Å²) < 4.78 is 11.7. The molecule has 17 heavy (non-hydrogen) atoms. The Labute approximate surface area is 107 Å². The molecule has 6 heteroatoms. The summed E-state index contributed by atoms with van der Waals surface area (Å²) in [4.78, 5) is 0. The maximum atomic E-state index is 5.66. The second kappa shape index (κ2) is 4.85. The summed E-state index contributed by atoms with van der Waals surface area (Å²) >= 11 is 3.37. The number of nitrogens with zero attached hydrogens (tertiary/aromatic N) is 2. The number of halogens is 1. The van der Waals surface area contributed by atoms with Gasteiger partial charge in [-0.25, -0.2) is 0 Å². The van der Waals surface area contributed by atoms with Gasteiger partial charge in [0.1, 0.15) is 5.75 Å². The van der Waals surface area contributed by atoms with Gasteiger partial charge in [-0.15, -0.1) is 10.2 Å². The topological polar surface area (TPSA) is 74.2 Å². The minimum Gasteiger partial charge on any atom is -0.496 e. The summed E-state index contributed by atoms with van der Waals surface area (Å²) in [6, 6.07) is 5.29. The zero-order valence-corrected chi connectivity index (χ0v) is 11.1. The molecule has 5 nitrogen and oxygen atoms in total. The minimum atomic E-state index is -0.280. The highest BCUT2D eigenvalue weighted by Crippen LogP contribution is 2.31. The number of aromatic nitrogens is 2. The van der Waals surface area contributed by atoms with Crippen molar-refractivity contribution < 1.29 is 9.15 Å². The number of hydrogen-bond acceptors (Lipinski definition) is 5. The van der Waals surface area contributed by atoms with Crippen molar-refractivity contribution in [2.24, 2.45) is 5.73 Å². The highest BCUT2D eigenvalue weighted by atomic mass is 79.9. The molecule has 0 fully saturated rings. The molecule has 0 aliphatic rings. The van der Waals surface area contributed by atoms with Crippen LogP contribution in [-0.2, 0) is 0 Å². The summed E-state index contributed by atoms with van der Waals surface area (Å²) in [6.45, 7) is 1.79. The van der Waals surface area contributed by atoms with Gasteiger partial charge in [0.2, 0.25) is 5.89 Å². The van der Waals surface area contributed by atoms with Crippen molar-refractivity contribution in [1.82, 2.24) is 10.2 Å². The summed E-state index contributed by atoms with van der Waals surface area (Å²) in [5, 5.41) is 7.83. The molecule has 0 bridgehead atoms. The van der Waals surface area contributed by atoms with Gasteiger partial charge < -0.3 is 14.9 Å². The van der Waals surface area contributed by atoms with Crippen LogP contribution in [0.4, 0.5) is 0 Å². The van der Waals surface area contributed by atoms with E-state index in [1.807, 2.05) is 18.2 Å². The first kappa shape index (κ1) is 12.1. The molecule has 0 radical (unpaired) electrons. The maximum absolute atomic E-state index is 5.66. The van der Waals surface area contributed by atoms with Crippen molar-refractivity contribution in [2.45, 2.75) is 13.0 Å². The largest absolute Gasteiger partial charge is 0.496 e. The first-order valence-electron chi connectivity index (χ1n) is 5.04. The third-order valence-electron chi connectivity index (χ3n) is 2.22. The van der Waals surface area contributed by atoms with Gasteiger partial charge in [-0.3, -0.25) is 0 Å². The lowest BCUT2D eigenvalue weighted by atomic mass is 10.2. The van der Waals surface area contributed by atoms with Crippen LogP contribution < -0.4 is 10.5 Å². The summed E-state index contributed by atoms with van der Waals surface area (Å²) in [6.07, 6.45) is 0. The second-order valence-corrected chi connectivity index (χ2v) is 4.49. The molecule has 0 aliphatic heterocycles. The number of nitrogens with two attached hydrogens (primary N) is 1. The van der Waals surface area contributed by atoms with Gasteiger partial charge in [0.25, 0.3) is 5.89 Å². The quantitative estimate of drug-likeness (QED) is 0.942. The molecule has 0 saturated carbocycles. The zero-order chi connectivity index (χ0) is 12.4. The highest BCUT2D eigenvalue weighted by Gasteiger charge is 2.15. The molecular weight excluding hydrogens is 286 g/mol. The molecule has 0 spiro atoms. The summed E-state index contributed by atoms with van der Waals surface area (Å²) in [5.41, 5.74) is 6.41. The lowest BCUT2D eigenvalue weighted by Crippen LogP contribution is -2.04. The van der Waals surface area contributed by atoms with Crippen molar-refractivity contribution in [1.29, 1.82) is 0 Å². The molecule has 1 unspecified atom stereocenters. The third kappa shape index (κ3) is 2.48. The third-order valence-corrected chi connectivity index (χ3v) is 2.72. The highest BCUT2D eigenvalue weighted by molar-refractivity contribution is 9.10. The van der Waals surface area contributed by atoms with Crippen LogP contribution in [0.2, 0.25) is 0 Å². The first-order valence-corrected chi connectivity index (χ1v) is 5.84. The molecule has 1 heterocycles. The van der Waals surface area contributed by atoms with Crippen molar-refractivity contribution in [2.75, 3.05) is 7.11 Å². The molecule has 1 aromatic carbocycles. The standard InChI is InChI=1S/C11H12BrN3O2/c1-6(13)10-14-15-11(17-10)8-4-3-7(12)5-9(8)16-2/h3-6H,13H2,1-2H3. The van der Waals surface area contributed by atoms with E-state index in [2.05, 4.69) is 26.1 Å². The number of benzene rings is 1. The van der Waals surface area contributed by atoms with Crippen LogP contribution in [0.1, 0.15) is 18.9 Å². The predicted octanol–water partition coefficient (Wildman–Crippen LogP) is 2.53. The van der Waals surface area contributed by atoms with Crippen LogP contribution in [0, 0.1) is 0 Å². The van der Waals surface area contributed by atoms with Crippen molar-refractivity contribution in [3.8, 4) is 17.2 Å². The number of hydrogen-bond donors (Lipinski definition) is 1. The number of rotatable bonds is 3. The Morgan fingerprint density at radius 3 is 2.76 bits per heavy atom. The minimum absolute atomic E-state index is 0.280. The molecule has 2 N–H and O–H groups in total. The molecule has 0 saturated heterocycles. The van der Waals surface area contributed by atoms with Gasteiger partial charge in [-0.1, -0.05) is 15.9 Å². The van der Waals surface area contributed by atoms with Gasteiger partial charge in [0.15, 0.2) is 0 Å². The average molecular weight is 298 g/mol. The van der Waals surface area contributed by atoms with Crippen LogP contribution in [0.15, 0.2) is 27.1 Å². The van der Waals surface area contributed by atoms with E-state index >= 15 is 0 Å². The first-order chi connectivity index (χ1) is 8.11. The van der Waals surface area contributed by atoms with Crippen LogP contribution >= 0.6 is 15.9 Å². The van der Waals surface area contributed by atoms with E-state index in [1.54, 1.807) is 14.0 Å². The van der Waals surface area contributed by atoms with E-state index < -0.39 is 0 Å². The SMILES string of the molecule is COc1cc(Br)ccc1-c1nnc(C(C)N)o1. The summed E-state index contributed by atoms with van der Waals surface area (Å²) in [7, 11) is 1.59. The molecule has 1 atom stereocenters. The lowest BCUT2D eigenvalue weighted by molar-refractivity contribution is 0.412. The van der Waals surface area contributed by atoms with E-state index in [1.165, 1.54) is 0 Å². The molecular formula is C11H12BrN3O2. The van der Waals surface area contributed by atoms with Crippen LogP contribution in [0.3, 0.4) is 0 Å². The van der Waals surface area contributed by atoms with E-state index in [0.717, 1.165) is 10.0 Å². The maximum Gasteiger partial charge on any atom is 0.251 e. The summed E-state index contributed by atoms with van der Waals surface area (Å²) in [5.74, 6) is 1.48. The Kier molecular flexibility index (Phi) is 3.44. The van der Waals surface area contributed by atoms with E-state index in [9.17, 15) is 0 Å². The Bertz CT molecular complexity index is 525. The van der Waals surface area contributed by atoms with Crippen molar-refractivity contribution >= 4 is 15.9 Å². The van der Waals surface area contributed by atoms with Gasteiger partial charge in [-0.2, -0.15) is 0 Å². The molecule has 0 aliphatic carbocycles. The molecule has 90 valence electrons. The average Bonchev–Trinajstić information content (AvgIpc) is 2.78. The fourth-order valence-electron chi connectivity index (χ4n) is 1.37. The number of ether oxygens (including phenoxy) is 1. The van der Waals surface area contributed by atoms with E-state index in [0.29, 0.717) is 17.5 Å². The predicted molar refractivity (Wildman–Crippen MR) is 66.6 cm³/mol. The van der Waals surface area contributed by atoms with Crippen LogP contribution in [0.5, 0.6) is 5.75 Å². The zero-order valence-electron chi connectivity index (χ0n) is 9.48. The Morgan fingerprint density at radius 1 is 1.41 bits per heavy atom. The second-order valence-electron chi connectivity index (χ2n) is 3.58. The van der Waals surface area contributed by atoms with Gasteiger partial charge >= 0.3 is 0 Å². The fourth-order valence-corrected chi connectivity index (χ4v) is 1.71. The van der Waals surface area contributed by atoms with Crippen molar-refractivity contribution in [3.63, 3.8) is 0 Å². The normalized spacial score (nSPS) is 12.5. The van der Waals surface area contributed by atoms with E-state index in [-0.39, 0.29) is 6.04 Å². The lowest BCUT2D eigenvalue weighted by Gasteiger charge is -2.05. The molecule has 1 aromatic heterocycles. The smallest absolute Gasteiger partial charge is 0.251 e. The Morgan fingerprint density at radius 2 is 2.18 bits per heavy atom. The number of methoxy groups -OCH3 is 1. The molecule has 0 amide bonds. The monoisotopic (exact) mass is 297 g/mol. The van der Waals surface area contributed by atoms with Crippen LogP contribution in [-0.4, -0.2) is 17.3 Å². The van der Waals surface area contributed by atoms with E-state index in [4.69, 9.17) is 14.9 Å². The fraction of sp³-hybridized carbons (Fsp3) is 0.273. The van der Waals surface area contributed by atoms with Crippen LogP contribution in [0.25, 0.3) is 11.5 Å². The molecule has 2 aromatic rings. The van der Waals surface area contributed by atoms with Gasteiger partial charge in [0.05, 0.1) is 18.7 Å². The Hall–Kier alpha value is -1.40.